The van der Waals surface area contributed by atoms with E-state index in [1.165, 1.54) is 6.07 Å². The number of hydrogen-bond donors (Lipinski definition) is 2. The van der Waals surface area contributed by atoms with Crippen LogP contribution in [0.1, 0.15) is 5.56 Å². The third-order valence-corrected chi connectivity index (χ3v) is 2.27. The van der Waals surface area contributed by atoms with E-state index < -0.39 is 11.0 Å². The van der Waals surface area contributed by atoms with Gasteiger partial charge in [-0.25, -0.2) is 10.2 Å². The lowest BCUT2D eigenvalue weighted by molar-refractivity contribution is -0.384. The van der Waals surface area contributed by atoms with Gasteiger partial charge in [-0.2, -0.15) is 5.10 Å². The summed E-state index contributed by atoms with van der Waals surface area (Å²) in [6.07, 6.45) is 1.12. The van der Waals surface area contributed by atoms with E-state index in [-0.39, 0.29) is 21.3 Å². The highest BCUT2D eigenvalue weighted by molar-refractivity contribution is 6.37. The van der Waals surface area contributed by atoms with Gasteiger partial charge in [-0.3, -0.25) is 10.1 Å². The third kappa shape index (κ3) is 3.58. The third-order valence-electron chi connectivity index (χ3n) is 1.64. The summed E-state index contributed by atoms with van der Waals surface area (Å²) in [5.74, 6) is 0. The van der Waals surface area contributed by atoms with Gasteiger partial charge < -0.3 is 5.73 Å². The van der Waals surface area contributed by atoms with Crippen molar-refractivity contribution >= 4 is 41.1 Å². The van der Waals surface area contributed by atoms with Crippen LogP contribution in [0.15, 0.2) is 17.2 Å². The number of carbonyl (C=O) groups excluding carboxylic acids is 1. The average Bonchev–Trinajstić information content (AvgIpc) is 2.20. The molecule has 1 aromatic carbocycles. The van der Waals surface area contributed by atoms with Crippen LogP contribution in [0.3, 0.4) is 0 Å². The Morgan fingerprint density at radius 2 is 2.12 bits per heavy atom. The maximum absolute atomic E-state index is 10.6. The standard InChI is InChI=1S/C8H6Cl2N4O3/c9-5-2-6(10)7(14(16)17)1-4(5)3-12-13-8(11)15/h1-3H,(H3,11,13,15). The van der Waals surface area contributed by atoms with Crippen LogP contribution < -0.4 is 11.2 Å². The monoisotopic (exact) mass is 276 g/mol. The number of nitrogens with two attached hydrogens (primary N) is 1. The Labute approximate surface area is 105 Å². The molecule has 0 atom stereocenters. The summed E-state index contributed by atoms with van der Waals surface area (Å²) in [7, 11) is 0. The predicted molar refractivity (Wildman–Crippen MR) is 63.4 cm³/mol. The Morgan fingerprint density at radius 3 is 2.65 bits per heavy atom. The number of nitrogens with zero attached hydrogens (tertiary/aromatic N) is 2. The maximum atomic E-state index is 10.6. The zero-order valence-corrected chi connectivity index (χ0v) is 9.70. The molecule has 0 aromatic heterocycles. The second-order valence-corrected chi connectivity index (χ2v) is 3.63. The van der Waals surface area contributed by atoms with Gasteiger partial charge in [0, 0.05) is 11.6 Å². The number of nitro benzene ring substituents is 1. The first-order chi connectivity index (χ1) is 7.91. The molecule has 0 bridgehead atoms. The van der Waals surface area contributed by atoms with Crippen LogP contribution in [0.2, 0.25) is 10.0 Å². The summed E-state index contributed by atoms with van der Waals surface area (Å²) < 4.78 is 0. The molecule has 90 valence electrons. The summed E-state index contributed by atoms with van der Waals surface area (Å²) in [5.41, 5.74) is 6.63. The Bertz CT molecular complexity index is 504. The zero-order chi connectivity index (χ0) is 13.0. The number of rotatable bonds is 3. The highest BCUT2D eigenvalue weighted by atomic mass is 35.5. The van der Waals surface area contributed by atoms with Crippen molar-refractivity contribution in [2.45, 2.75) is 0 Å². The Hall–Kier alpha value is -1.86. The van der Waals surface area contributed by atoms with Gasteiger partial charge >= 0.3 is 6.03 Å². The quantitative estimate of drug-likeness (QED) is 0.500. The van der Waals surface area contributed by atoms with Gasteiger partial charge in [0.05, 0.1) is 16.2 Å². The van der Waals surface area contributed by atoms with E-state index in [2.05, 4.69) is 5.10 Å². The molecular weight excluding hydrogens is 271 g/mol. The van der Waals surface area contributed by atoms with E-state index in [1.54, 1.807) is 0 Å². The molecule has 3 N–H and O–H groups in total. The van der Waals surface area contributed by atoms with Crippen LogP contribution >= 0.6 is 23.2 Å². The molecule has 17 heavy (non-hydrogen) atoms. The smallest absolute Gasteiger partial charge is 0.332 e. The Morgan fingerprint density at radius 1 is 1.47 bits per heavy atom. The van der Waals surface area contributed by atoms with Crippen LogP contribution in [-0.2, 0) is 0 Å². The first-order valence-corrected chi connectivity index (χ1v) is 4.89. The first-order valence-electron chi connectivity index (χ1n) is 4.13. The Balaban J connectivity index is 3.07. The SMILES string of the molecule is NC(=O)NN=Cc1cc([N+](=O)[O-])c(Cl)cc1Cl. The first kappa shape index (κ1) is 13.2. The van der Waals surface area contributed by atoms with Crippen molar-refractivity contribution in [1.29, 1.82) is 0 Å². The number of hydrogen-bond acceptors (Lipinski definition) is 4. The minimum atomic E-state index is -0.860. The summed E-state index contributed by atoms with van der Waals surface area (Å²) in [6, 6.07) is 1.49. The molecule has 0 saturated heterocycles. The largest absolute Gasteiger partial charge is 0.350 e. The normalized spacial score (nSPS) is 10.5. The molecular formula is C8H6Cl2N4O3. The number of urea groups is 1. The lowest BCUT2D eigenvalue weighted by Crippen LogP contribution is -2.24. The van der Waals surface area contributed by atoms with Crippen LogP contribution in [0.4, 0.5) is 10.5 Å². The molecule has 1 rings (SSSR count). The number of benzene rings is 1. The predicted octanol–water partition coefficient (Wildman–Crippen LogP) is 1.90. The van der Waals surface area contributed by atoms with Crippen molar-refractivity contribution < 1.29 is 9.72 Å². The molecule has 0 radical (unpaired) electrons. The van der Waals surface area contributed by atoms with E-state index in [9.17, 15) is 14.9 Å². The van der Waals surface area contributed by atoms with Gasteiger partial charge in [0.2, 0.25) is 0 Å². The number of primary amides is 1. The summed E-state index contributed by atoms with van der Waals surface area (Å²) >= 11 is 11.4. The maximum Gasteiger partial charge on any atom is 0.332 e. The van der Waals surface area contributed by atoms with Gasteiger partial charge in [-0.1, -0.05) is 23.2 Å². The minimum Gasteiger partial charge on any atom is -0.350 e. The molecule has 0 heterocycles. The zero-order valence-electron chi connectivity index (χ0n) is 8.18. The lowest BCUT2D eigenvalue weighted by Gasteiger charge is -2.00. The van der Waals surface area contributed by atoms with Gasteiger partial charge in [0.15, 0.2) is 0 Å². The highest BCUT2D eigenvalue weighted by Gasteiger charge is 2.15. The molecule has 0 unspecified atom stereocenters. The number of carbonyl (C=O) groups is 1. The number of hydrazone groups is 1. The highest BCUT2D eigenvalue weighted by Crippen LogP contribution is 2.29. The molecule has 0 spiro atoms. The number of nitro groups is 1. The van der Waals surface area contributed by atoms with Crippen molar-refractivity contribution in [1.82, 2.24) is 5.43 Å². The van der Waals surface area contributed by atoms with Gasteiger partial charge in [-0.05, 0) is 6.07 Å². The summed E-state index contributed by atoms with van der Waals surface area (Å²) in [4.78, 5) is 20.3. The fourth-order valence-corrected chi connectivity index (χ4v) is 1.46. The van der Waals surface area contributed by atoms with Crippen molar-refractivity contribution in [3.05, 3.63) is 37.9 Å². The fourth-order valence-electron chi connectivity index (χ4n) is 0.958. The molecule has 1 aromatic rings. The number of halogens is 2. The lowest BCUT2D eigenvalue weighted by atomic mass is 10.2. The van der Waals surface area contributed by atoms with Gasteiger partial charge in [-0.15, -0.1) is 0 Å². The summed E-state index contributed by atoms with van der Waals surface area (Å²) in [5, 5.41) is 14.1. The van der Waals surface area contributed by atoms with Crippen LogP contribution in [0, 0.1) is 10.1 Å². The molecule has 7 nitrogen and oxygen atoms in total. The molecule has 0 aliphatic carbocycles. The number of nitrogens with one attached hydrogen (secondary N) is 1. The number of amides is 2. The van der Waals surface area contributed by atoms with Gasteiger partial charge in [0.1, 0.15) is 5.02 Å². The molecule has 0 aliphatic rings. The molecule has 9 heteroatoms. The van der Waals surface area contributed by atoms with E-state index >= 15 is 0 Å². The van der Waals surface area contributed by atoms with Crippen molar-refractivity contribution in [3.8, 4) is 0 Å². The second-order valence-electron chi connectivity index (χ2n) is 2.82. The molecule has 0 aliphatic heterocycles. The second kappa shape index (κ2) is 5.46. The van der Waals surface area contributed by atoms with E-state index in [4.69, 9.17) is 28.9 Å². The van der Waals surface area contributed by atoms with Crippen LogP contribution in [0.5, 0.6) is 0 Å². The van der Waals surface area contributed by atoms with Crippen LogP contribution in [-0.4, -0.2) is 17.2 Å². The molecule has 0 saturated carbocycles. The van der Waals surface area contributed by atoms with Crippen molar-refractivity contribution in [2.75, 3.05) is 0 Å². The molecule has 2 amide bonds. The van der Waals surface area contributed by atoms with Crippen LogP contribution in [0.25, 0.3) is 0 Å². The van der Waals surface area contributed by atoms with Gasteiger partial charge in [0.25, 0.3) is 5.69 Å². The Kier molecular flexibility index (Phi) is 4.24. The minimum absolute atomic E-state index is 0.0833. The average molecular weight is 277 g/mol. The van der Waals surface area contributed by atoms with Crippen molar-refractivity contribution in [2.24, 2.45) is 10.8 Å². The van der Waals surface area contributed by atoms with E-state index in [1.807, 2.05) is 5.43 Å². The topological polar surface area (TPSA) is 111 Å². The van der Waals surface area contributed by atoms with E-state index in [0.29, 0.717) is 0 Å². The fraction of sp³-hybridized carbons (Fsp3) is 0. The molecule has 0 fully saturated rings. The van der Waals surface area contributed by atoms with Crippen molar-refractivity contribution in [3.63, 3.8) is 0 Å². The summed E-state index contributed by atoms with van der Waals surface area (Å²) in [6.45, 7) is 0. The van der Waals surface area contributed by atoms with E-state index in [0.717, 1.165) is 12.3 Å².